The Morgan fingerprint density at radius 3 is 2.42 bits per heavy atom. The van der Waals surface area contributed by atoms with Crippen LogP contribution in [0.3, 0.4) is 0 Å². The second kappa shape index (κ2) is 9.39. The summed E-state index contributed by atoms with van der Waals surface area (Å²) in [4.78, 5) is 12.6. The van der Waals surface area contributed by atoms with Crippen LogP contribution in [0.1, 0.15) is 24.0 Å². The zero-order chi connectivity index (χ0) is 21.8. The Labute approximate surface area is 188 Å². The number of amides is 1. The predicted octanol–water partition coefficient (Wildman–Crippen LogP) is 4.35. The Balaban J connectivity index is 1.30. The molecule has 4 rings (SSSR count). The van der Waals surface area contributed by atoms with Gasteiger partial charge in [0.05, 0.1) is 5.75 Å². The van der Waals surface area contributed by atoms with Gasteiger partial charge in [0, 0.05) is 30.6 Å². The van der Waals surface area contributed by atoms with Gasteiger partial charge >= 0.3 is 0 Å². The highest BCUT2D eigenvalue weighted by Gasteiger charge is 2.31. The highest BCUT2D eigenvalue weighted by molar-refractivity contribution is 7.88. The number of fused-ring (bicyclic) bond motifs is 1. The molecule has 0 aromatic heterocycles. The van der Waals surface area contributed by atoms with Gasteiger partial charge in [-0.25, -0.2) is 12.7 Å². The van der Waals surface area contributed by atoms with Crippen molar-refractivity contribution in [1.29, 1.82) is 0 Å². The van der Waals surface area contributed by atoms with Crippen molar-refractivity contribution in [3.63, 3.8) is 0 Å². The number of sulfonamides is 1. The zero-order valence-corrected chi connectivity index (χ0v) is 18.7. The average Bonchev–Trinajstić information content (AvgIpc) is 2.77. The van der Waals surface area contributed by atoms with Gasteiger partial charge < -0.3 is 5.32 Å². The minimum atomic E-state index is -3.44. The van der Waals surface area contributed by atoms with E-state index in [4.69, 9.17) is 11.6 Å². The summed E-state index contributed by atoms with van der Waals surface area (Å²) >= 11 is 5.96. The lowest BCUT2D eigenvalue weighted by atomic mass is 9.97. The molecule has 1 fully saturated rings. The number of carbonyl (C=O) groups is 1. The SMILES string of the molecule is O=C(NCc1ccc2ccccc2c1)C1CCN(S(=O)(=O)Cc2cccc(Cl)c2)CC1. The third-order valence-electron chi connectivity index (χ3n) is 5.74. The quantitative estimate of drug-likeness (QED) is 0.599. The number of hydrogen-bond donors (Lipinski definition) is 1. The van der Waals surface area contributed by atoms with Gasteiger partial charge in [0.15, 0.2) is 0 Å². The van der Waals surface area contributed by atoms with E-state index in [0.29, 0.717) is 43.1 Å². The van der Waals surface area contributed by atoms with Crippen molar-refractivity contribution in [2.75, 3.05) is 13.1 Å². The van der Waals surface area contributed by atoms with Crippen LogP contribution in [-0.4, -0.2) is 31.7 Å². The maximum Gasteiger partial charge on any atom is 0.223 e. The van der Waals surface area contributed by atoms with Gasteiger partial charge in [-0.3, -0.25) is 4.79 Å². The van der Waals surface area contributed by atoms with Gasteiger partial charge in [0.25, 0.3) is 0 Å². The van der Waals surface area contributed by atoms with Gasteiger partial charge in [0.2, 0.25) is 15.9 Å². The normalized spacial score (nSPS) is 15.8. The number of rotatable bonds is 6. The maximum atomic E-state index is 12.7. The molecular weight excluding hydrogens is 432 g/mol. The number of carbonyl (C=O) groups excluding carboxylic acids is 1. The Morgan fingerprint density at radius 2 is 1.68 bits per heavy atom. The van der Waals surface area contributed by atoms with Crippen LogP contribution in [0.25, 0.3) is 10.8 Å². The van der Waals surface area contributed by atoms with Crippen LogP contribution in [-0.2, 0) is 27.1 Å². The first-order valence-electron chi connectivity index (χ1n) is 10.4. The highest BCUT2D eigenvalue weighted by atomic mass is 35.5. The molecule has 0 spiro atoms. The van der Waals surface area contributed by atoms with Gasteiger partial charge in [0.1, 0.15) is 0 Å². The molecule has 3 aromatic rings. The fourth-order valence-corrected chi connectivity index (χ4v) is 5.77. The summed E-state index contributed by atoms with van der Waals surface area (Å²) in [5, 5.41) is 5.85. The van der Waals surface area contributed by atoms with Crippen LogP contribution in [0.4, 0.5) is 0 Å². The smallest absolute Gasteiger partial charge is 0.223 e. The molecule has 3 aromatic carbocycles. The van der Waals surface area contributed by atoms with Crippen molar-refractivity contribution >= 4 is 38.3 Å². The molecule has 0 atom stereocenters. The topological polar surface area (TPSA) is 66.5 Å². The third kappa shape index (κ3) is 5.45. The highest BCUT2D eigenvalue weighted by Crippen LogP contribution is 2.23. The minimum Gasteiger partial charge on any atom is -0.352 e. The van der Waals surface area contributed by atoms with Crippen LogP contribution < -0.4 is 5.32 Å². The van der Waals surface area contributed by atoms with Crippen LogP contribution in [0.2, 0.25) is 5.02 Å². The third-order valence-corrected chi connectivity index (χ3v) is 7.82. The second-order valence-corrected chi connectivity index (χ2v) is 10.4. The Morgan fingerprint density at radius 1 is 0.935 bits per heavy atom. The van der Waals surface area contributed by atoms with E-state index in [1.807, 2.05) is 18.2 Å². The molecule has 5 nitrogen and oxygen atoms in total. The molecule has 1 aliphatic heterocycles. The fourth-order valence-electron chi connectivity index (χ4n) is 4.01. The molecule has 0 radical (unpaired) electrons. The number of piperidine rings is 1. The van der Waals surface area contributed by atoms with E-state index < -0.39 is 10.0 Å². The van der Waals surface area contributed by atoms with E-state index in [1.165, 1.54) is 9.69 Å². The molecule has 0 unspecified atom stereocenters. The predicted molar refractivity (Wildman–Crippen MR) is 124 cm³/mol. The molecule has 1 aliphatic rings. The van der Waals surface area contributed by atoms with Gasteiger partial charge in [-0.05, 0) is 52.9 Å². The standard InChI is InChI=1S/C24H25ClN2O3S/c25-23-7-3-4-19(15-23)17-31(29,30)27-12-10-21(11-13-27)24(28)26-16-18-8-9-20-5-1-2-6-22(20)14-18/h1-9,14-15,21H,10-13,16-17H2,(H,26,28). The maximum absolute atomic E-state index is 12.7. The lowest BCUT2D eigenvalue weighted by Gasteiger charge is -2.30. The molecule has 7 heteroatoms. The number of nitrogens with one attached hydrogen (secondary N) is 1. The van der Waals surface area contributed by atoms with Crippen LogP contribution >= 0.6 is 11.6 Å². The summed E-state index contributed by atoms with van der Waals surface area (Å²) in [6.45, 7) is 1.19. The number of halogens is 1. The van der Waals surface area contributed by atoms with Crippen LogP contribution in [0, 0.1) is 5.92 Å². The molecule has 1 N–H and O–H groups in total. The van der Waals surface area contributed by atoms with Crippen molar-refractivity contribution < 1.29 is 13.2 Å². The largest absolute Gasteiger partial charge is 0.352 e. The van der Waals surface area contributed by atoms with Crippen LogP contribution in [0.15, 0.2) is 66.7 Å². The van der Waals surface area contributed by atoms with E-state index >= 15 is 0 Å². The molecule has 1 saturated heterocycles. The van der Waals surface area contributed by atoms with Gasteiger partial charge in [-0.1, -0.05) is 60.1 Å². The van der Waals surface area contributed by atoms with Crippen molar-refractivity contribution in [3.8, 4) is 0 Å². The summed E-state index contributed by atoms with van der Waals surface area (Å²) in [5.41, 5.74) is 1.72. The first kappa shape index (κ1) is 21.8. The first-order valence-corrected chi connectivity index (χ1v) is 12.4. The summed E-state index contributed by atoms with van der Waals surface area (Å²) in [5.74, 6) is -0.259. The first-order chi connectivity index (χ1) is 14.9. The molecule has 162 valence electrons. The molecule has 1 amide bonds. The summed E-state index contributed by atoms with van der Waals surface area (Å²) in [6, 6.07) is 21.2. The van der Waals surface area contributed by atoms with Gasteiger partial charge in [-0.15, -0.1) is 0 Å². The molecule has 1 heterocycles. The van der Waals surface area contributed by atoms with Crippen molar-refractivity contribution in [2.24, 2.45) is 5.92 Å². The lowest BCUT2D eigenvalue weighted by molar-refractivity contribution is -0.126. The molecular formula is C24H25ClN2O3S. The molecule has 0 aliphatic carbocycles. The van der Waals surface area contributed by atoms with E-state index in [-0.39, 0.29) is 17.6 Å². The molecule has 0 saturated carbocycles. The van der Waals surface area contributed by atoms with E-state index in [9.17, 15) is 13.2 Å². The summed E-state index contributed by atoms with van der Waals surface area (Å²) < 4.78 is 27.0. The Bertz CT molecular complexity index is 1190. The van der Waals surface area contributed by atoms with Crippen LogP contribution in [0.5, 0.6) is 0 Å². The summed E-state index contributed by atoms with van der Waals surface area (Å²) in [7, 11) is -3.44. The number of hydrogen-bond acceptors (Lipinski definition) is 3. The Kier molecular flexibility index (Phi) is 6.60. The average molecular weight is 457 g/mol. The summed E-state index contributed by atoms with van der Waals surface area (Å²) in [6.07, 6.45) is 1.05. The number of benzene rings is 3. The second-order valence-electron chi connectivity index (χ2n) is 7.96. The van der Waals surface area contributed by atoms with Crippen molar-refractivity contribution in [3.05, 3.63) is 82.9 Å². The van der Waals surface area contributed by atoms with E-state index in [2.05, 4.69) is 29.6 Å². The Hall–Kier alpha value is -2.41. The van der Waals surface area contributed by atoms with Crippen molar-refractivity contribution in [2.45, 2.75) is 25.1 Å². The fraction of sp³-hybridized carbons (Fsp3) is 0.292. The molecule has 31 heavy (non-hydrogen) atoms. The molecule has 0 bridgehead atoms. The number of nitrogens with zero attached hydrogens (tertiary/aromatic N) is 1. The monoisotopic (exact) mass is 456 g/mol. The van der Waals surface area contributed by atoms with E-state index in [1.54, 1.807) is 24.3 Å². The zero-order valence-electron chi connectivity index (χ0n) is 17.1. The van der Waals surface area contributed by atoms with Gasteiger partial charge in [-0.2, -0.15) is 0 Å². The van der Waals surface area contributed by atoms with E-state index in [0.717, 1.165) is 10.9 Å². The van der Waals surface area contributed by atoms with Crippen molar-refractivity contribution in [1.82, 2.24) is 9.62 Å². The minimum absolute atomic E-state index is 0.0138. The lowest BCUT2D eigenvalue weighted by Crippen LogP contribution is -2.43.